The maximum absolute atomic E-state index is 12.5. The predicted octanol–water partition coefficient (Wildman–Crippen LogP) is 3.91. The van der Waals surface area contributed by atoms with Gasteiger partial charge < -0.3 is 16.0 Å². The van der Waals surface area contributed by atoms with Crippen molar-refractivity contribution >= 4 is 11.9 Å². The van der Waals surface area contributed by atoms with Crippen molar-refractivity contribution in [2.45, 2.75) is 57.2 Å². The Balaban J connectivity index is 1.46. The fraction of sp³-hybridized carbons (Fsp3) is 0.391. The van der Waals surface area contributed by atoms with E-state index in [-0.39, 0.29) is 30.1 Å². The normalized spacial score (nSPS) is 18.6. The second-order valence-electron chi connectivity index (χ2n) is 7.43. The van der Waals surface area contributed by atoms with Crippen molar-refractivity contribution < 1.29 is 9.59 Å². The predicted molar refractivity (Wildman–Crippen MR) is 111 cm³/mol. The van der Waals surface area contributed by atoms with Gasteiger partial charge in [-0.15, -0.1) is 0 Å². The van der Waals surface area contributed by atoms with E-state index in [1.54, 1.807) is 0 Å². The molecule has 3 N–H and O–H groups in total. The number of rotatable bonds is 9. The molecule has 1 saturated heterocycles. The Morgan fingerprint density at radius 1 is 0.929 bits per heavy atom. The van der Waals surface area contributed by atoms with E-state index in [2.05, 4.69) is 16.0 Å². The molecule has 5 heteroatoms. The molecule has 148 valence electrons. The highest BCUT2D eigenvalue weighted by Gasteiger charge is 2.26. The van der Waals surface area contributed by atoms with Crippen molar-refractivity contribution in [3.05, 3.63) is 71.8 Å². The van der Waals surface area contributed by atoms with Gasteiger partial charge in [-0.3, -0.25) is 4.79 Å². The van der Waals surface area contributed by atoms with Gasteiger partial charge in [-0.1, -0.05) is 73.5 Å². The molecule has 2 aromatic carbocycles. The molecule has 28 heavy (non-hydrogen) atoms. The second-order valence-corrected chi connectivity index (χ2v) is 7.43. The standard InChI is InChI=1S/C23H29N3O2/c1-17-20(25-23(28)24-17)15-9-4-10-16-21(27)26-22(18-11-5-2-6-12-18)19-13-7-3-8-14-19/h2-3,5-8,11-14,17,20,22H,4,9-10,15-16H2,1H3,(H,26,27)(H2,24,25,28)/t17-,20-/m1/s1. The van der Waals surface area contributed by atoms with Crippen molar-refractivity contribution in [3.63, 3.8) is 0 Å². The summed E-state index contributed by atoms with van der Waals surface area (Å²) < 4.78 is 0. The summed E-state index contributed by atoms with van der Waals surface area (Å²) in [5, 5.41) is 8.99. The van der Waals surface area contributed by atoms with E-state index in [9.17, 15) is 9.59 Å². The number of carbonyl (C=O) groups is 2. The van der Waals surface area contributed by atoms with Crippen molar-refractivity contribution in [1.29, 1.82) is 0 Å². The Labute approximate surface area is 166 Å². The van der Waals surface area contributed by atoms with Gasteiger partial charge in [-0.25, -0.2) is 4.79 Å². The summed E-state index contributed by atoms with van der Waals surface area (Å²) in [6.07, 6.45) is 4.29. The van der Waals surface area contributed by atoms with E-state index in [4.69, 9.17) is 0 Å². The molecule has 3 amide bonds. The maximum atomic E-state index is 12.5. The van der Waals surface area contributed by atoms with Gasteiger partial charge in [0.05, 0.1) is 12.1 Å². The molecule has 1 aliphatic heterocycles. The highest BCUT2D eigenvalue weighted by Crippen LogP contribution is 2.22. The Hall–Kier alpha value is -2.82. The molecular formula is C23H29N3O2. The summed E-state index contributed by atoms with van der Waals surface area (Å²) in [4.78, 5) is 23.8. The Bertz CT molecular complexity index is 724. The number of amides is 3. The lowest BCUT2D eigenvalue weighted by molar-refractivity contribution is -0.121. The minimum absolute atomic E-state index is 0.0712. The zero-order valence-corrected chi connectivity index (χ0v) is 16.4. The van der Waals surface area contributed by atoms with Crippen LogP contribution in [-0.4, -0.2) is 24.0 Å². The molecule has 1 fully saturated rings. The number of benzene rings is 2. The van der Waals surface area contributed by atoms with E-state index in [0.717, 1.165) is 36.8 Å². The van der Waals surface area contributed by atoms with Crippen LogP contribution >= 0.6 is 0 Å². The Kier molecular flexibility index (Phi) is 7.06. The summed E-state index contributed by atoms with van der Waals surface area (Å²) in [6, 6.07) is 20.3. The quantitative estimate of drug-likeness (QED) is 0.578. The Morgan fingerprint density at radius 3 is 2.07 bits per heavy atom. The fourth-order valence-corrected chi connectivity index (χ4v) is 3.67. The third-order valence-corrected chi connectivity index (χ3v) is 5.27. The number of unbranched alkanes of at least 4 members (excludes halogenated alkanes) is 2. The molecule has 2 aromatic rings. The topological polar surface area (TPSA) is 70.2 Å². The van der Waals surface area contributed by atoms with Crippen LogP contribution in [0, 0.1) is 0 Å². The summed E-state index contributed by atoms with van der Waals surface area (Å²) in [7, 11) is 0. The smallest absolute Gasteiger partial charge is 0.315 e. The van der Waals surface area contributed by atoms with Gasteiger partial charge in [0.1, 0.15) is 0 Å². The van der Waals surface area contributed by atoms with Gasteiger partial charge in [0.25, 0.3) is 0 Å². The van der Waals surface area contributed by atoms with Gasteiger partial charge in [0.2, 0.25) is 5.91 Å². The number of carbonyl (C=O) groups excluding carboxylic acids is 2. The average molecular weight is 380 g/mol. The van der Waals surface area contributed by atoms with Crippen LogP contribution in [0.25, 0.3) is 0 Å². The van der Waals surface area contributed by atoms with Crippen LogP contribution in [0.5, 0.6) is 0 Å². The molecule has 5 nitrogen and oxygen atoms in total. The van der Waals surface area contributed by atoms with E-state index in [1.807, 2.05) is 67.6 Å². The Morgan fingerprint density at radius 2 is 1.54 bits per heavy atom. The lowest BCUT2D eigenvalue weighted by atomic mass is 9.98. The van der Waals surface area contributed by atoms with E-state index >= 15 is 0 Å². The van der Waals surface area contributed by atoms with Crippen LogP contribution in [0.15, 0.2) is 60.7 Å². The maximum Gasteiger partial charge on any atom is 0.315 e. The van der Waals surface area contributed by atoms with Crippen molar-refractivity contribution in [3.8, 4) is 0 Å². The first kappa shape index (κ1) is 19.9. The van der Waals surface area contributed by atoms with Crippen LogP contribution < -0.4 is 16.0 Å². The first-order valence-electron chi connectivity index (χ1n) is 10.1. The second kappa shape index (κ2) is 9.93. The first-order valence-corrected chi connectivity index (χ1v) is 10.1. The lowest BCUT2D eigenvalue weighted by Crippen LogP contribution is -2.30. The van der Waals surface area contributed by atoms with Crippen LogP contribution in [0.3, 0.4) is 0 Å². The van der Waals surface area contributed by atoms with Crippen molar-refractivity contribution in [2.24, 2.45) is 0 Å². The summed E-state index contributed by atoms with van der Waals surface area (Å²) >= 11 is 0. The molecule has 0 radical (unpaired) electrons. The minimum atomic E-state index is -0.129. The first-order chi connectivity index (χ1) is 13.6. The molecule has 0 unspecified atom stereocenters. The molecule has 3 rings (SSSR count). The van der Waals surface area contributed by atoms with Gasteiger partial charge in [0, 0.05) is 12.5 Å². The summed E-state index contributed by atoms with van der Waals surface area (Å²) in [5.74, 6) is 0.0712. The molecule has 0 aromatic heterocycles. The van der Waals surface area contributed by atoms with Crippen LogP contribution in [0.2, 0.25) is 0 Å². The number of nitrogens with one attached hydrogen (secondary N) is 3. The number of hydrogen-bond donors (Lipinski definition) is 3. The zero-order valence-electron chi connectivity index (χ0n) is 16.4. The van der Waals surface area contributed by atoms with Crippen molar-refractivity contribution in [1.82, 2.24) is 16.0 Å². The van der Waals surface area contributed by atoms with Gasteiger partial charge in [-0.05, 0) is 30.9 Å². The van der Waals surface area contributed by atoms with Gasteiger partial charge >= 0.3 is 6.03 Å². The highest BCUT2D eigenvalue weighted by molar-refractivity contribution is 5.77. The summed E-state index contributed by atoms with van der Waals surface area (Å²) in [5.41, 5.74) is 2.17. The van der Waals surface area contributed by atoms with E-state index < -0.39 is 0 Å². The van der Waals surface area contributed by atoms with E-state index in [1.165, 1.54) is 0 Å². The van der Waals surface area contributed by atoms with Crippen molar-refractivity contribution in [2.75, 3.05) is 0 Å². The molecule has 0 bridgehead atoms. The minimum Gasteiger partial charge on any atom is -0.345 e. The molecule has 2 atom stereocenters. The van der Waals surface area contributed by atoms with Gasteiger partial charge in [0.15, 0.2) is 0 Å². The third kappa shape index (κ3) is 5.59. The molecular weight excluding hydrogens is 350 g/mol. The molecule has 0 spiro atoms. The number of hydrogen-bond acceptors (Lipinski definition) is 2. The van der Waals surface area contributed by atoms with Crippen LogP contribution in [0.1, 0.15) is 56.2 Å². The highest BCUT2D eigenvalue weighted by atomic mass is 16.2. The summed E-state index contributed by atoms with van der Waals surface area (Å²) in [6.45, 7) is 2.02. The monoisotopic (exact) mass is 379 g/mol. The average Bonchev–Trinajstić information content (AvgIpc) is 3.04. The van der Waals surface area contributed by atoms with Crippen LogP contribution in [0.4, 0.5) is 4.79 Å². The molecule has 0 aliphatic carbocycles. The lowest BCUT2D eigenvalue weighted by Gasteiger charge is -2.20. The molecule has 1 aliphatic rings. The fourth-order valence-electron chi connectivity index (χ4n) is 3.67. The molecule has 0 saturated carbocycles. The van der Waals surface area contributed by atoms with E-state index in [0.29, 0.717) is 6.42 Å². The SMILES string of the molecule is C[C@H]1NC(=O)N[C@@H]1CCCCCC(=O)NC(c1ccccc1)c1ccccc1. The number of urea groups is 1. The third-order valence-electron chi connectivity index (χ3n) is 5.27. The largest absolute Gasteiger partial charge is 0.345 e. The van der Waals surface area contributed by atoms with Crippen LogP contribution in [-0.2, 0) is 4.79 Å². The van der Waals surface area contributed by atoms with Gasteiger partial charge in [-0.2, -0.15) is 0 Å². The zero-order chi connectivity index (χ0) is 19.8. The molecule has 1 heterocycles.